The number of hydrogen-bond donors (Lipinski definition) is 0. The summed E-state index contributed by atoms with van der Waals surface area (Å²) in [5, 5.41) is 0. The van der Waals surface area contributed by atoms with Crippen molar-refractivity contribution in [3.63, 3.8) is 0 Å². The van der Waals surface area contributed by atoms with Gasteiger partial charge in [-0.1, -0.05) is 24.0 Å². The number of thiocarbonyl (C=S) groups is 1. The third kappa shape index (κ3) is 2.03. The molecular formula is C8H11NO2S2. The zero-order chi connectivity index (χ0) is 9.26. The average molecular weight is 217 g/mol. The number of rotatable bonds is 2. The minimum absolute atomic E-state index is 0.130. The van der Waals surface area contributed by atoms with Crippen LogP contribution in [0.3, 0.4) is 0 Å². The van der Waals surface area contributed by atoms with Gasteiger partial charge < -0.3 is 4.74 Å². The molecule has 0 bridgehead atoms. The Morgan fingerprint density at radius 3 is 3.08 bits per heavy atom. The molecule has 0 aromatic heterocycles. The van der Waals surface area contributed by atoms with Gasteiger partial charge in [-0.3, -0.25) is 9.69 Å². The fourth-order valence-corrected chi connectivity index (χ4v) is 2.64. The van der Waals surface area contributed by atoms with Gasteiger partial charge in [0.1, 0.15) is 4.32 Å². The van der Waals surface area contributed by atoms with Gasteiger partial charge in [-0.2, -0.15) is 0 Å². The van der Waals surface area contributed by atoms with E-state index >= 15 is 0 Å². The first-order valence-electron chi connectivity index (χ1n) is 4.36. The Labute approximate surface area is 86.8 Å². The van der Waals surface area contributed by atoms with E-state index in [1.807, 2.05) is 0 Å². The summed E-state index contributed by atoms with van der Waals surface area (Å²) in [5.74, 6) is 0.636. The molecule has 72 valence electrons. The average Bonchev–Trinajstić information content (AvgIpc) is 2.70. The molecule has 1 amide bonds. The summed E-state index contributed by atoms with van der Waals surface area (Å²) < 4.78 is 6.16. The molecule has 0 aliphatic carbocycles. The fourth-order valence-electron chi connectivity index (χ4n) is 1.55. The van der Waals surface area contributed by atoms with E-state index in [0.29, 0.717) is 16.6 Å². The van der Waals surface area contributed by atoms with Crippen LogP contribution in [0.1, 0.15) is 12.8 Å². The largest absolute Gasteiger partial charge is 0.376 e. The van der Waals surface area contributed by atoms with Crippen molar-refractivity contribution in [3.05, 3.63) is 0 Å². The second kappa shape index (κ2) is 3.94. The Bertz CT molecular complexity index is 222. The van der Waals surface area contributed by atoms with E-state index in [-0.39, 0.29) is 12.0 Å². The molecular weight excluding hydrogens is 206 g/mol. The highest BCUT2D eigenvalue weighted by atomic mass is 32.2. The number of carbonyl (C=O) groups is 1. The van der Waals surface area contributed by atoms with Crippen LogP contribution in [0.4, 0.5) is 0 Å². The lowest BCUT2D eigenvalue weighted by Gasteiger charge is -2.18. The van der Waals surface area contributed by atoms with Crippen LogP contribution in [0, 0.1) is 0 Å². The number of carbonyl (C=O) groups excluding carboxylic acids is 1. The Morgan fingerprint density at radius 2 is 2.54 bits per heavy atom. The van der Waals surface area contributed by atoms with Crippen molar-refractivity contribution in [1.29, 1.82) is 0 Å². The van der Waals surface area contributed by atoms with E-state index in [9.17, 15) is 4.79 Å². The van der Waals surface area contributed by atoms with Gasteiger partial charge >= 0.3 is 0 Å². The predicted octanol–water partition coefficient (Wildman–Crippen LogP) is 1.03. The van der Waals surface area contributed by atoms with Gasteiger partial charge in [0.15, 0.2) is 0 Å². The lowest BCUT2D eigenvalue weighted by molar-refractivity contribution is -0.125. The summed E-state index contributed by atoms with van der Waals surface area (Å²) in [6.07, 6.45) is 2.37. The second-order valence-electron chi connectivity index (χ2n) is 3.19. The molecule has 2 rings (SSSR count). The van der Waals surface area contributed by atoms with Gasteiger partial charge in [0, 0.05) is 6.61 Å². The fraction of sp³-hybridized carbons (Fsp3) is 0.750. The molecule has 2 saturated heterocycles. The van der Waals surface area contributed by atoms with Crippen molar-refractivity contribution in [2.45, 2.75) is 18.9 Å². The molecule has 13 heavy (non-hydrogen) atoms. The van der Waals surface area contributed by atoms with Gasteiger partial charge in [-0.05, 0) is 12.8 Å². The lowest BCUT2D eigenvalue weighted by atomic mass is 10.2. The summed E-state index contributed by atoms with van der Waals surface area (Å²) in [7, 11) is 0. The first-order valence-corrected chi connectivity index (χ1v) is 5.75. The van der Waals surface area contributed by atoms with E-state index in [0.717, 1.165) is 19.4 Å². The number of amides is 1. The lowest BCUT2D eigenvalue weighted by Crippen LogP contribution is -2.35. The SMILES string of the molecule is O=C1CSC(=S)N1C[C@@H]1CCCO1. The van der Waals surface area contributed by atoms with Crippen molar-refractivity contribution in [3.8, 4) is 0 Å². The van der Waals surface area contributed by atoms with Crippen LogP contribution in [-0.4, -0.2) is 40.1 Å². The molecule has 0 unspecified atom stereocenters. The first-order chi connectivity index (χ1) is 6.27. The summed E-state index contributed by atoms with van der Waals surface area (Å²) in [6, 6.07) is 0. The Hall–Kier alpha value is -0.130. The molecule has 2 heterocycles. The number of ether oxygens (including phenoxy) is 1. The van der Waals surface area contributed by atoms with Crippen LogP contribution in [0.15, 0.2) is 0 Å². The predicted molar refractivity (Wildman–Crippen MR) is 55.7 cm³/mol. The van der Waals surface area contributed by atoms with Gasteiger partial charge in [0.25, 0.3) is 0 Å². The molecule has 0 spiro atoms. The van der Waals surface area contributed by atoms with Crippen molar-refractivity contribution < 1.29 is 9.53 Å². The minimum Gasteiger partial charge on any atom is -0.376 e. The standard InChI is InChI=1S/C8H11NO2S2/c10-7-5-13-8(12)9(7)4-6-2-1-3-11-6/h6H,1-5H2/t6-/m0/s1. The molecule has 0 aromatic rings. The first kappa shape index (κ1) is 9.43. The topological polar surface area (TPSA) is 29.5 Å². The normalized spacial score (nSPS) is 28.9. The maximum atomic E-state index is 11.3. The minimum atomic E-state index is 0.130. The van der Waals surface area contributed by atoms with Gasteiger partial charge in [0.2, 0.25) is 5.91 Å². The molecule has 3 nitrogen and oxygen atoms in total. The van der Waals surface area contributed by atoms with Crippen LogP contribution in [0.25, 0.3) is 0 Å². The monoisotopic (exact) mass is 217 g/mol. The highest BCUT2D eigenvalue weighted by Crippen LogP contribution is 2.22. The summed E-state index contributed by atoms with van der Waals surface area (Å²) in [4.78, 5) is 13.0. The molecule has 1 atom stereocenters. The second-order valence-corrected chi connectivity index (χ2v) is 4.80. The van der Waals surface area contributed by atoms with Crippen LogP contribution in [0.5, 0.6) is 0 Å². The van der Waals surface area contributed by atoms with Crippen molar-refractivity contribution in [1.82, 2.24) is 4.90 Å². The smallest absolute Gasteiger partial charge is 0.238 e. The van der Waals surface area contributed by atoms with Crippen LogP contribution >= 0.6 is 24.0 Å². The summed E-state index contributed by atoms with van der Waals surface area (Å²) in [6.45, 7) is 1.48. The van der Waals surface area contributed by atoms with Crippen molar-refractivity contribution >= 4 is 34.2 Å². The van der Waals surface area contributed by atoms with Gasteiger partial charge in [0.05, 0.1) is 18.4 Å². The highest BCUT2D eigenvalue weighted by molar-refractivity contribution is 8.23. The molecule has 2 aliphatic rings. The summed E-state index contributed by atoms with van der Waals surface area (Å²) in [5.41, 5.74) is 0. The quantitative estimate of drug-likeness (QED) is 0.646. The van der Waals surface area contributed by atoms with Crippen molar-refractivity contribution in [2.24, 2.45) is 0 Å². The molecule has 5 heteroatoms. The Balaban J connectivity index is 1.92. The summed E-state index contributed by atoms with van der Waals surface area (Å²) >= 11 is 6.51. The zero-order valence-corrected chi connectivity index (χ0v) is 8.83. The third-order valence-corrected chi connectivity index (χ3v) is 3.68. The molecule has 2 fully saturated rings. The maximum Gasteiger partial charge on any atom is 0.238 e. The highest BCUT2D eigenvalue weighted by Gasteiger charge is 2.30. The Morgan fingerprint density at radius 1 is 1.69 bits per heavy atom. The maximum absolute atomic E-state index is 11.3. The van der Waals surface area contributed by atoms with E-state index in [1.54, 1.807) is 4.90 Å². The number of thioether (sulfide) groups is 1. The van der Waals surface area contributed by atoms with Gasteiger partial charge in [-0.15, -0.1) is 0 Å². The molecule has 0 N–H and O–H groups in total. The third-order valence-electron chi connectivity index (χ3n) is 2.25. The van der Waals surface area contributed by atoms with Crippen LogP contribution in [0.2, 0.25) is 0 Å². The molecule has 0 saturated carbocycles. The van der Waals surface area contributed by atoms with E-state index < -0.39 is 0 Å². The molecule has 2 aliphatic heterocycles. The van der Waals surface area contributed by atoms with Gasteiger partial charge in [-0.25, -0.2) is 0 Å². The Kier molecular flexibility index (Phi) is 2.86. The number of hydrogen-bond acceptors (Lipinski definition) is 4. The zero-order valence-electron chi connectivity index (χ0n) is 7.19. The molecule has 0 aromatic carbocycles. The van der Waals surface area contributed by atoms with Crippen LogP contribution < -0.4 is 0 Å². The van der Waals surface area contributed by atoms with E-state index in [2.05, 4.69) is 0 Å². The van der Waals surface area contributed by atoms with Crippen LogP contribution in [-0.2, 0) is 9.53 Å². The van der Waals surface area contributed by atoms with E-state index in [1.165, 1.54) is 11.8 Å². The molecule has 0 radical (unpaired) electrons. The van der Waals surface area contributed by atoms with E-state index in [4.69, 9.17) is 17.0 Å². The van der Waals surface area contributed by atoms with Crippen molar-refractivity contribution in [2.75, 3.05) is 18.9 Å². The number of nitrogens with zero attached hydrogens (tertiary/aromatic N) is 1.